The fourth-order valence-corrected chi connectivity index (χ4v) is 2.44. The minimum atomic E-state index is -0.385. The van der Waals surface area contributed by atoms with Gasteiger partial charge in [-0.3, -0.25) is 4.79 Å². The molecule has 7 heteroatoms. The van der Waals surface area contributed by atoms with Gasteiger partial charge in [0.25, 0.3) is 5.91 Å². The Morgan fingerprint density at radius 2 is 2.00 bits per heavy atom. The summed E-state index contributed by atoms with van der Waals surface area (Å²) >= 11 is 5.85. The first-order valence-corrected chi connectivity index (χ1v) is 8.16. The van der Waals surface area contributed by atoms with E-state index in [1.54, 1.807) is 48.5 Å². The molecular weight excluding hydrogens is 354 g/mol. The van der Waals surface area contributed by atoms with Crippen molar-refractivity contribution in [2.24, 2.45) is 5.10 Å². The smallest absolute Gasteiger partial charge is 0.277 e. The molecule has 2 aromatic carbocycles. The van der Waals surface area contributed by atoms with E-state index < -0.39 is 0 Å². The van der Waals surface area contributed by atoms with Gasteiger partial charge >= 0.3 is 0 Å². The molecule has 1 amide bonds. The van der Waals surface area contributed by atoms with E-state index in [1.165, 1.54) is 6.21 Å². The van der Waals surface area contributed by atoms with Gasteiger partial charge in [-0.2, -0.15) is 5.10 Å². The summed E-state index contributed by atoms with van der Waals surface area (Å²) in [6.45, 7) is -0.170. The average molecular weight is 370 g/mol. The number of aromatic hydroxyl groups is 1. The Hall–Kier alpha value is -3.25. The molecule has 3 rings (SSSR count). The summed E-state index contributed by atoms with van der Waals surface area (Å²) in [7, 11) is 0. The van der Waals surface area contributed by atoms with Crippen molar-refractivity contribution >= 4 is 23.7 Å². The Balaban J connectivity index is 1.56. The normalized spacial score (nSPS) is 10.8. The van der Waals surface area contributed by atoms with E-state index in [4.69, 9.17) is 16.3 Å². The molecule has 132 valence electrons. The Morgan fingerprint density at radius 3 is 2.77 bits per heavy atom. The predicted molar refractivity (Wildman–Crippen MR) is 100 cm³/mol. The number of carbonyl (C=O) groups is 1. The van der Waals surface area contributed by atoms with Gasteiger partial charge in [0.1, 0.15) is 11.5 Å². The number of amides is 1. The molecule has 1 aromatic heterocycles. The number of aromatic nitrogens is 1. The van der Waals surface area contributed by atoms with E-state index in [1.807, 2.05) is 22.9 Å². The van der Waals surface area contributed by atoms with Crippen molar-refractivity contribution in [1.82, 2.24) is 9.99 Å². The molecule has 0 aliphatic heterocycles. The number of rotatable bonds is 6. The molecule has 0 unspecified atom stereocenters. The second kappa shape index (κ2) is 8.22. The topological polar surface area (TPSA) is 75.8 Å². The lowest BCUT2D eigenvalue weighted by atomic mass is 10.3. The number of nitrogens with zero attached hydrogens (tertiary/aromatic N) is 2. The molecule has 0 fully saturated rings. The van der Waals surface area contributed by atoms with Crippen LogP contribution in [0.15, 0.2) is 72.0 Å². The average Bonchev–Trinajstić information content (AvgIpc) is 3.09. The SMILES string of the molecule is O=C(COc1cccc(Cl)c1)N/N=C/c1cccn1-c1ccc(O)cc1. The largest absolute Gasteiger partial charge is 0.508 e. The van der Waals surface area contributed by atoms with E-state index in [2.05, 4.69) is 10.5 Å². The molecule has 0 atom stereocenters. The number of benzene rings is 2. The summed E-state index contributed by atoms with van der Waals surface area (Å²) in [5.41, 5.74) is 4.05. The number of phenolic OH excluding ortho intramolecular Hbond substituents is 1. The van der Waals surface area contributed by atoms with Crippen molar-refractivity contribution in [1.29, 1.82) is 0 Å². The highest BCUT2D eigenvalue weighted by atomic mass is 35.5. The number of hydrazone groups is 1. The molecule has 26 heavy (non-hydrogen) atoms. The number of ether oxygens (including phenoxy) is 1. The van der Waals surface area contributed by atoms with Crippen molar-refractivity contribution in [2.75, 3.05) is 6.61 Å². The van der Waals surface area contributed by atoms with Crippen molar-refractivity contribution in [3.8, 4) is 17.2 Å². The molecule has 2 N–H and O–H groups in total. The summed E-state index contributed by atoms with van der Waals surface area (Å²) in [6.07, 6.45) is 3.39. The minimum absolute atomic E-state index is 0.170. The summed E-state index contributed by atoms with van der Waals surface area (Å²) < 4.78 is 7.21. The first-order valence-electron chi connectivity index (χ1n) is 7.79. The van der Waals surface area contributed by atoms with Crippen LogP contribution in [0, 0.1) is 0 Å². The van der Waals surface area contributed by atoms with E-state index in [0.717, 1.165) is 11.4 Å². The molecule has 0 aliphatic carbocycles. The lowest BCUT2D eigenvalue weighted by Crippen LogP contribution is -2.24. The minimum Gasteiger partial charge on any atom is -0.508 e. The van der Waals surface area contributed by atoms with Crippen LogP contribution in [0.5, 0.6) is 11.5 Å². The third kappa shape index (κ3) is 4.64. The number of hydrogen-bond acceptors (Lipinski definition) is 4. The van der Waals surface area contributed by atoms with E-state index in [0.29, 0.717) is 10.8 Å². The predicted octanol–water partition coefficient (Wildman–Crippen LogP) is 3.37. The number of nitrogens with one attached hydrogen (secondary N) is 1. The molecule has 1 heterocycles. The van der Waals surface area contributed by atoms with E-state index in [-0.39, 0.29) is 18.3 Å². The fourth-order valence-electron chi connectivity index (χ4n) is 2.26. The maximum atomic E-state index is 11.8. The molecule has 0 radical (unpaired) electrons. The first-order chi connectivity index (χ1) is 12.6. The molecule has 0 bridgehead atoms. The summed E-state index contributed by atoms with van der Waals surface area (Å²) in [4.78, 5) is 11.8. The molecular formula is C19H16ClN3O3. The molecule has 0 saturated carbocycles. The van der Waals surface area contributed by atoms with Crippen LogP contribution in [0.1, 0.15) is 5.69 Å². The van der Waals surface area contributed by atoms with E-state index >= 15 is 0 Å². The highest BCUT2D eigenvalue weighted by molar-refractivity contribution is 6.30. The standard InChI is InChI=1S/C19H16ClN3O3/c20-14-3-1-5-18(11-14)26-13-19(25)22-21-12-16-4-2-10-23(16)15-6-8-17(24)9-7-15/h1-12,24H,13H2,(H,22,25)/b21-12+. The molecule has 0 saturated heterocycles. The van der Waals surface area contributed by atoms with Crippen molar-refractivity contribution < 1.29 is 14.6 Å². The number of halogens is 1. The third-order valence-corrected chi connectivity index (χ3v) is 3.70. The lowest BCUT2D eigenvalue weighted by molar-refractivity contribution is -0.123. The van der Waals surface area contributed by atoms with Gasteiger partial charge in [-0.1, -0.05) is 17.7 Å². The van der Waals surface area contributed by atoms with Crippen LogP contribution in [-0.4, -0.2) is 28.4 Å². The summed E-state index contributed by atoms with van der Waals surface area (Å²) in [5.74, 6) is 0.324. The van der Waals surface area contributed by atoms with Gasteiger partial charge in [-0.25, -0.2) is 5.43 Å². The number of carbonyl (C=O) groups excluding carboxylic acids is 1. The summed E-state index contributed by atoms with van der Waals surface area (Å²) in [5, 5.41) is 13.9. The van der Waals surface area contributed by atoms with Gasteiger partial charge in [0.15, 0.2) is 6.61 Å². The van der Waals surface area contributed by atoms with Crippen molar-refractivity contribution in [2.45, 2.75) is 0 Å². The first kappa shape index (κ1) is 17.6. The van der Waals surface area contributed by atoms with Crippen LogP contribution in [0.3, 0.4) is 0 Å². The van der Waals surface area contributed by atoms with Gasteiger partial charge in [0.05, 0.1) is 11.9 Å². The maximum Gasteiger partial charge on any atom is 0.277 e. The van der Waals surface area contributed by atoms with Gasteiger partial charge in [0.2, 0.25) is 0 Å². The molecule has 3 aromatic rings. The van der Waals surface area contributed by atoms with Crippen LogP contribution in [0.2, 0.25) is 5.02 Å². The lowest BCUT2D eigenvalue weighted by Gasteiger charge is -2.07. The van der Waals surface area contributed by atoms with Crippen molar-refractivity contribution in [3.63, 3.8) is 0 Å². The van der Waals surface area contributed by atoms with Gasteiger partial charge in [0, 0.05) is 16.9 Å². The Morgan fingerprint density at radius 1 is 1.19 bits per heavy atom. The monoisotopic (exact) mass is 369 g/mol. The fraction of sp³-hybridized carbons (Fsp3) is 0.0526. The molecule has 0 aliphatic rings. The Bertz CT molecular complexity index is 920. The molecule has 0 spiro atoms. The molecule has 6 nitrogen and oxygen atoms in total. The quantitative estimate of drug-likeness (QED) is 0.516. The highest BCUT2D eigenvalue weighted by Gasteiger charge is 2.03. The second-order valence-electron chi connectivity index (χ2n) is 5.36. The highest BCUT2D eigenvalue weighted by Crippen LogP contribution is 2.17. The van der Waals surface area contributed by atoms with Crippen LogP contribution >= 0.6 is 11.6 Å². The van der Waals surface area contributed by atoms with E-state index in [9.17, 15) is 9.90 Å². The zero-order valence-electron chi connectivity index (χ0n) is 13.7. The zero-order valence-corrected chi connectivity index (χ0v) is 14.4. The van der Waals surface area contributed by atoms with Crippen molar-refractivity contribution in [3.05, 3.63) is 77.6 Å². The van der Waals surface area contributed by atoms with Crippen LogP contribution < -0.4 is 10.2 Å². The summed E-state index contributed by atoms with van der Waals surface area (Å²) in [6, 6.07) is 17.3. The van der Waals surface area contributed by atoms with Crippen LogP contribution in [0.4, 0.5) is 0 Å². The van der Waals surface area contributed by atoms with Gasteiger partial charge in [-0.15, -0.1) is 0 Å². The van der Waals surface area contributed by atoms with Crippen LogP contribution in [0.25, 0.3) is 5.69 Å². The Kier molecular flexibility index (Phi) is 5.56. The maximum absolute atomic E-state index is 11.8. The zero-order chi connectivity index (χ0) is 18.4. The number of hydrogen-bond donors (Lipinski definition) is 2. The third-order valence-electron chi connectivity index (χ3n) is 3.46. The number of phenols is 1. The van der Waals surface area contributed by atoms with Gasteiger partial charge < -0.3 is 14.4 Å². The Labute approximate surface area is 155 Å². The van der Waals surface area contributed by atoms with Gasteiger partial charge in [-0.05, 0) is 54.6 Å². The van der Waals surface area contributed by atoms with Crippen LogP contribution in [-0.2, 0) is 4.79 Å². The second-order valence-corrected chi connectivity index (χ2v) is 5.80.